The number of anilines is 1. The highest BCUT2D eigenvalue weighted by Gasteiger charge is 2.13. The molecule has 0 heterocycles. The molecule has 0 aliphatic rings. The summed E-state index contributed by atoms with van der Waals surface area (Å²) in [6, 6.07) is 4.85. The summed E-state index contributed by atoms with van der Waals surface area (Å²) in [6.07, 6.45) is 0. The predicted octanol–water partition coefficient (Wildman–Crippen LogP) is 2.61. The summed E-state index contributed by atoms with van der Waals surface area (Å²) in [6.45, 7) is 3.80. The van der Waals surface area contributed by atoms with Crippen LogP contribution in [0.2, 0.25) is 0 Å². The van der Waals surface area contributed by atoms with Crippen molar-refractivity contribution in [1.29, 1.82) is 0 Å². The highest BCUT2D eigenvalue weighted by Crippen LogP contribution is 2.21. The monoisotopic (exact) mass is 309 g/mol. The van der Waals surface area contributed by atoms with Crippen molar-refractivity contribution in [2.45, 2.75) is 19.4 Å². The van der Waals surface area contributed by atoms with E-state index in [0.717, 1.165) is 0 Å². The van der Waals surface area contributed by atoms with Crippen molar-refractivity contribution in [2.75, 3.05) is 11.9 Å². The standard InChI is InChI=1S/C10H13FINO/c1-10(2,14)6-13-8-5-3-4-7(11)9(8)12/h3-5,13-14H,6H2,1-2H3. The fraction of sp³-hybridized carbons (Fsp3) is 0.400. The van der Waals surface area contributed by atoms with E-state index in [1.54, 1.807) is 26.0 Å². The maximum absolute atomic E-state index is 13.1. The maximum atomic E-state index is 13.1. The third kappa shape index (κ3) is 3.42. The number of aliphatic hydroxyl groups is 1. The van der Waals surface area contributed by atoms with E-state index in [1.807, 2.05) is 22.6 Å². The average molecular weight is 309 g/mol. The molecule has 0 bridgehead atoms. The van der Waals surface area contributed by atoms with E-state index in [0.29, 0.717) is 15.8 Å². The van der Waals surface area contributed by atoms with Gasteiger partial charge in [-0.1, -0.05) is 6.07 Å². The molecule has 1 aromatic carbocycles. The van der Waals surface area contributed by atoms with Crippen molar-refractivity contribution in [3.05, 3.63) is 27.6 Å². The molecule has 0 aliphatic heterocycles. The normalized spacial score (nSPS) is 11.5. The summed E-state index contributed by atoms with van der Waals surface area (Å²) in [5.41, 5.74) is -0.0807. The lowest BCUT2D eigenvalue weighted by molar-refractivity contribution is 0.0945. The van der Waals surface area contributed by atoms with Gasteiger partial charge in [-0.25, -0.2) is 4.39 Å². The first-order chi connectivity index (χ1) is 6.40. The summed E-state index contributed by atoms with van der Waals surface area (Å²) in [4.78, 5) is 0. The van der Waals surface area contributed by atoms with Crippen molar-refractivity contribution in [3.63, 3.8) is 0 Å². The van der Waals surface area contributed by atoms with Gasteiger partial charge in [-0.2, -0.15) is 0 Å². The van der Waals surface area contributed by atoms with Crippen LogP contribution in [0.5, 0.6) is 0 Å². The molecule has 0 aliphatic carbocycles. The van der Waals surface area contributed by atoms with Gasteiger partial charge in [0.15, 0.2) is 0 Å². The predicted molar refractivity (Wildman–Crippen MR) is 63.9 cm³/mol. The van der Waals surface area contributed by atoms with Crippen molar-refractivity contribution < 1.29 is 9.50 Å². The van der Waals surface area contributed by atoms with Crippen LogP contribution in [-0.2, 0) is 0 Å². The van der Waals surface area contributed by atoms with Gasteiger partial charge in [-0.05, 0) is 48.6 Å². The van der Waals surface area contributed by atoms with E-state index < -0.39 is 5.60 Å². The SMILES string of the molecule is CC(C)(O)CNc1cccc(F)c1I. The van der Waals surface area contributed by atoms with Gasteiger partial charge >= 0.3 is 0 Å². The molecule has 0 saturated heterocycles. The molecule has 0 amide bonds. The Morgan fingerprint density at radius 2 is 2.14 bits per heavy atom. The molecule has 0 fully saturated rings. The minimum absolute atomic E-state index is 0.244. The summed E-state index contributed by atoms with van der Waals surface area (Å²) < 4.78 is 13.6. The second-order valence-corrected chi connectivity index (χ2v) is 4.85. The lowest BCUT2D eigenvalue weighted by Crippen LogP contribution is -2.29. The fourth-order valence-electron chi connectivity index (χ4n) is 0.952. The lowest BCUT2D eigenvalue weighted by Gasteiger charge is -2.19. The van der Waals surface area contributed by atoms with E-state index in [2.05, 4.69) is 5.32 Å². The van der Waals surface area contributed by atoms with Crippen LogP contribution in [-0.4, -0.2) is 17.3 Å². The molecular formula is C10H13FINO. The quantitative estimate of drug-likeness (QED) is 0.841. The van der Waals surface area contributed by atoms with E-state index in [9.17, 15) is 9.50 Å². The van der Waals surface area contributed by atoms with Gasteiger partial charge in [0, 0.05) is 6.54 Å². The molecule has 0 aromatic heterocycles. The van der Waals surface area contributed by atoms with Gasteiger partial charge in [-0.15, -0.1) is 0 Å². The van der Waals surface area contributed by atoms with Crippen LogP contribution < -0.4 is 5.32 Å². The first-order valence-electron chi connectivity index (χ1n) is 4.30. The largest absolute Gasteiger partial charge is 0.389 e. The third-order valence-corrected chi connectivity index (χ3v) is 2.76. The van der Waals surface area contributed by atoms with Crippen molar-refractivity contribution in [3.8, 4) is 0 Å². The lowest BCUT2D eigenvalue weighted by atomic mass is 10.1. The van der Waals surface area contributed by atoms with E-state index in [4.69, 9.17) is 0 Å². The number of benzene rings is 1. The van der Waals surface area contributed by atoms with Crippen LogP contribution in [0, 0.1) is 9.39 Å². The molecule has 0 atom stereocenters. The molecule has 2 N–H and O–H groups in total. The van der Waals surface area contributed by atoms with Gasteiger partial charge in [0.1, 0.15) is 5.82 Å². The Morgan fingerprint density at radius 1 is 1.50 bits per heavy atom. The van der Waals surface area contributed by atoms with E-state index >= 15 is 0 Å². The molecule has 0 unspecified atom stereocenters. The van der Waals surface area contributed by atoms with Gasteiger partial charge in [0.25, 0.3) is 0 Å². The minimum atomic E-state index is -0.796. The zero-order valence-corrected chi connectivity index (χ0v) is 10.3. The summed E-state index contributed by atoms with van der Waals surface area (Å²) in [5.74, 6) is -0.244. The molecule has 2 nitrogen and oxygen atoms in total. The Kier molecular flexibility index (Phi) is 3.71. The third-order valence-electron chi connectivity index (χ3n) is 1.66. The van der Waals surface area contributed by atoms with Crippen molar-refractivity contribution in [2.24, 2.45) is 0 Å². The Hall–Kier alpha value is -0.360. The number of hydrogen-bond acceptors (Lipinski definition) is 2. The Morgan fingerprint density at radius 3 is 2.71 bits per heavy atom. The Labute approximate surface area is 96.7 Å². The Balaban J connectivity index is 2.73. The summed E-state index contributed by atoms with van der Waals surface area (Å²) in [5, 5.41) is 12.5. The first-order valence-corrected chi connectivity index (χ1v) is 5.38. The molecule has 4 heteroatoms. The summed E-state index contributed by atoms with van der Waals surface area (Å²) in [7, 11) is 0. The van der Waals surface area contributed by atoms with Crippen LogP contribution >= 0.6 is 22.6 Å². The summed E-state index contributed by atoms with van der Waals surface area (Å²) >= 11 is 1.94. The van der Waals surface area contributed by atoms with E-state index in [1.165, 1.54) is 6.07 Å². The van der Waals surface area contributed by atoms with Crippen LogP contribution in [0.3, 0.4) is 0 Å². The number of rotatable bonds is 3. The average Bonchev–Trinajstić information content (AvgIpc) is 2.06. The molecule has 0 radical (unpaired) electrons. The first kappa shape index (κ1) is 11.7. The second kappa shape index (κ2) is 4.44. The van der Waals surface area contributed by atoms with Crippen LogP contribution in [0.25, 0.3) is 0 Å². The molecule has 0 spiro atoms. The second-order valence-electron chi connectivity index (χ2n) is 3.77. The van der Waals surface area contributed by atoms with Crippen molar-refractivity contribution in [1.82, 2.24) is 0 Å². The van der Waals surface area contributed by atoms with Crippen LogP contribution in [0.4, 0.5) is 10.1 Å². The highest BCUT2D eigenvalue weighted by molar-refractivity contribution is 14.1. The highest BCUT2D eigenvalue weighted by atomic mass is 127. The zero-order valence-electron chi connectivity index (χ0n) is 8.14. The molecule has 0 saturated carbocycles. The van der Waals surface area contributed by atoms with Gasteiger partial charge in [0.2, 0.25) is 0 Å². The van der Waals surface area contributed by atoms with Crippen LogP contribution in [0.1, 0.15) is 13.8 Å². The molecular weight excluding hydrogens is 296 g/mol. The van der Waals surface area contributed by atoms with Gasteiger partial charge < -0.3 is 10.4 Å². The van der Waals surface area contributed by atoms with Crippen molar-refractivity contribution >= 4 is 28.3 Å². The van der Waals surface area contributed by atoms with Gasteiger partial charge in [0.05, 0.1) is 14.9 Å². The Bertz CT molecular complexity index is 322. The molecule has 1 aromatic rings. The molecule has 78 valence electrons. The smallest absolute Gasteiger partial charge is 0.138 e. The number of halogens is 2. The maximum Gasteiger partial charge on any atom is 0.138 e. The fourth-order valence-corrected chi connectivity index (χ4v) is 1.50. The number of hydrogen-bond donors (Lipinski definition) is 2. The number of nitrogens with one attached hydrogen (secondary N) is 1. The van der Waals surface area contributed by atoms with Crippen LogP contribution in [0.15, 0.2) is 18.2 Å². The topological polar surface area (TPSA) is 32.3 Å². The van der Waals surface area contributed by atoms with E-state index in [-0.39, 0.29) is 5.82 Å². The van der Waals surface area contributed by atoms with Gasteiger partial charge in [-0.3, -0.25) is 0 Å². The minimum Gasteiger partial charge on any atom is -0.389 e. The zero-order chi connectivity index (χ0) is 10.8. The molecule has 14 heavy (non-hydrogen) atoms. The molecule has 1 rings (SSSR count).